The minimum atomic E-state index is 0.811. The van der Waals surface area contributed by atoms with Crippen molar-refractivity contribution in [2.75, 3.05) is 0 Å². The second-order valence-corrected chi connectivity index (χ2v) is 11.8. The van der Waals surface area contributed by atoms with Crippen LogP contribution in [0, 0.1) is 53.3 Å². The van der Waals surface area contributed by atoms with Crippen LogP contribution in [0.3, 0.4) is 0 Å². The van der Waals surface area contributed by atoms with Crippen LogP contribution in [0.1, 0.15) is 88.0 Å². The fraction of sp³-hybridized carbons (Fsp3) is 1.00. The van der Waals surface area contributed by atoms with Gasteiger partial charge in [0.1, 0.15) is 0 Å². The molecular formula is C24H46S. The van der Waals surface area contributed by atoms with E-state index in [1.54, 1.807) is 0 Å². The number of thioether (sulfide) groups is 1. The predicted octanol–water partition coefficient (Wildman–Crippen LogP) is 7.77. The summed E-state index contributed by atoms with van der Waals surface area (Å²) in [6.07, 6.45) is 5.75. The Balaban J connectivity index is 2.40. The molecule has 25 heavy (non-hydrogen) atoms. The molecule has 0 amide bonds. The predicted molar refractivity (Wildman–Crippen MR) is 116 cm³/mol. The minimum Gasteiger partial charge on any atom is -0.154 e. The van der Waals surface area contributed by atoms with E-state index in [1.165, 1.54) is 25.7 Å². The molecule has 0 nitrogen and oxygen atoms in total. The van der Waals surface area contributed by atoms with Crippen molar-refractivity contribution in [2.45, 2.75) is 98.5 Å². The molecule has 0 aromatic rings. The summed E-state index contributed by atoms with van der Waals surface area (Å²) in [5.74, 6) is 8.08. The van der Waals surface area contributed by atoms with Gasteiger partial charge in [-0.25, -0.2) is 0 Å². The minimum absolute atomic E-state index is 0.811. The topological polar surface area (TPSA) is 0 Å². The van der Waals surface area contributed by atoms with Crippen molar-refractivity contribution in [3.63, 3.8) is 0 Å². The van der Waals surface area contributed by atoms with E-state index in [1.807, 2.05) is 0 Å². The van der Waals surface area contributed by atoms with Gasteiger partial charge in [-0.05, 0) is 66.1 Å². The maximum Gasteiger partial charge on any atom is 0.0107 e. The van der Waals surface area contributed by atoms with E-state index in [4.69, 9.17) is 0 Å². The van der Waals surface area contributed by atoms with Gasteiger partial charge in [0.2, 0.25) is 0 Å². The molecule has 0 bridgehead atoms. The van der Waals surface area contributed by atoms with Gasteiger partial charge in [0.15, 0.2) is 0 Å². The zero-order valence-electron chi connectivity index (χ0n) is 18.6. The van der Waals surface area contributed by atoms with Crippen LogP contribution in [0.2, 0.25) is 0 Å². The highest BCUT2D eigenvalue weighted by molar-refractivity contribution is 8.00. The number of hydrogen-bond donors (Lipinski definition) is 0. The molecule has 1 saturated carbocycles. The first kappa shape index (κ1) is 21.6. The standard InChI is InChI=1S/C24H46S/c1-10-18-12-17(9)24-21(13-20(18)14(3)4)19(11-2)22(15(5)6)23(25-24)16(7)8/h14-24H,10-13H2,1-9H3. The second kappa shape index (κ2) is 9.03. The van der Waals surface area contributed by atoms with E-state index >= 15 is 0 Å². The summed E-state index contributed by atoms with van der Waals surface area (Å²) in [6, 6.07) is 0. The van der Waals surface area contributed by atoms with Crippen LogP contribution in [-0.2, 0) is 0 Å². The molecule has 2 rings (SSSR count). The van der Waals surface area contributed by atoms with E-state index in [0.29, 0.717) is 0 Å². The van der Waals surface area contributed by atoms with Gasteiger partial charge in [-0.3, -0.25) is 0 Å². The molecule has 1 heteroatoms. The summed E-state index contributed by atoms with van der Waals surface area (Å²) < 4.78 is 0. The van der Waals surface area contributed by atoms with Crippen molar-refractivity contribution in [1.29, 1.82) is 0 Å². The van der Waals surface area contributed by atoms with Crippen molar-refractivity contribution >= 4 is 11.8 Å². The molecule has 1 heterocycles. The van der Waals surface area contributed by atoms with Crippen molar-refractivity contribution in [3.8, 4) is 0 Å². The maximum absolute atomic E-state index is 2.59. The van der Waals surface area contributed by atoms with Gasteiger partial charge in [0, 0.05) is 10.5 Å². The first-order chi connectivity index (χ1) is 11.7. The van der Waals surface area contributed by atoms with E-state index < -0.39 is 0 Å². The van der Waals surface area contributed by atoms with Crippen LogP contribution >= 0.6 is 11.8 Å². The third kappa shape index (κ3) is 4.44. The molecule has 0 aromatic carbocycles. The Hall–Kier alpha value is 0.350. The molecule has 2 fully saturated rings. The highest BCUT2D eigenvalue weighted by Crippen LogP contribution is 2.57. The Kier molecular flexibility index (Phi) is 7.82. The zero-order chi connectivity index (χ0) is 18.9. The van der Waals surface area contributed by atoms with Gasteiger partial charge in [-0.1, -0.05) is 75.2 Å². The van der Waals surface area contributed by atoms with Crippen LogP contribution in [0.4, 0.5) is 0 Å². The fourth-order valence-electron chi connectivity index (χ4n) is 6.64. The third-order valence-corrected chi connectivity index (χ3v) is 10.1. The molecule has 0 spiro atoms. The molecule has 8 atom stereocenters. The average Bonchev–Trinajstić information content (AvgIpc) is 2.69. The summed E-state index contributed by atoms with van der Waals surface area (Å²) in [7, 11) is 0. The van der Waals surface area contributed by atoms with Gasteiger partial charge < -0.3 is 0 Å². The number of rotatable bonds is 5. The van der Waals surface area contributed by atoms with Crippen molar-refractivity contribution in [1.82, 2.24) is 0 Å². The lowest BCUT2D eigenvalue weighted by atomic mass is 9.66. The molecule has 1 saturated heterocycles. The summed E-state index contributed by atoms with van der Waals surface area (Å²) in [5, 5.41) is 1.77. The van der Waals surface area contributed by atoms with Gasteiger partial charge in [-0.2, -0.15) is 11.8 Å². The van der Waals surface area contributed by atoms with E-state index in [-0.39, 0.29) is 0 Å². The first-order valence-corrected chi connectivity index (χ1v) is 12.3. The quantitative estimate of drug-likeness (QED) is 0.479. The van der Waals surface area contributed by atoms with Gasteiger partial charge in [0.05, 0.1) is 0 Å². The zero-order valence-corrected chi connectivity index (χ0v) is 19.4. The lowest BCUT2D eigenvalue weighted by Crippen LogP contribution is -2.47. The van der Waals surface area contributed by atoms with Crippen molar-refractivity contribution in [3.05, 3.63) is 0 Å². The smallest absolute Gasteiger partial charge is 0.0107 e. The van der Waals surface area contributed by atoms with Crippen molar-refractivity contribution < 1.29 is 0 Å². The SMILES string of the molecule is CCC1CC(C)C2SC(C(C)C)C(C(C)C)C(CC)C2CC1C(C)C. The molecule has 0 aromatic heterocycles. The largest absolute Gasteiger partial charge is 0.154 e. The monoisotopic (exact) mass is 366 g/mol. The fourth-order valence-corrected chi connectivity index (χ4v) is 8.91. The maximum atomic E-state index is 2.59. The van der Waals surface area contributed by atoms with Crippen LogP contribution < -0.4 is 0 Å². The molecule has 148 valence electrons. The normalized spacial score (nSPS) is 42.7. The third-order valence-electron chi connectivity index (χ3n) is 7.82. The molecule has 2 aliphatic rings. The lowest BCUT2D eigenvalue weighted by molar-refractivity contribution is 0.104. The lowest BCUT2D eigenvalue weighted by Gasteiger charge is -2.51. The van der Waals surface area contributed by atoms with Gasteiger partial charge >= 0.3 is 0 Å². The van der Waals surface area contributed by atoms with Crippen LogP contribution in [0.25, 0.3) is 0 Å². The summed E-state index contributed by atoms with van der Waals surface area (Å²) in [6.45, 7) is 22.5. The molecule has 0 radical (unpaired) electrons. The Bertz CT molecular complexity index is 399. The molecule has 1 aliphatic carbocycles. The molecule has 8 unspecified atom stereocenters. The van der Waals surface area contributed by atoms with E-state index in [0.717, 1.165) is 63.8 Å². The van der Waals surface area contributed by atoms with Crippen LogP contribution in [0.5, 0.6) is 0 Å². The Morgan fingerprint density at radius 1 is 0.840 bits per heavy atom. The van der Waals surface area contributed by atoms with Gasteiger partial charge in [-0.15, -0.1) is 0 Å². The van der Waals surface area contributed by atoms with Crippen LogP contribution in [-0.4, -0.2) is 10.5 Å². The second-order valence-electron chi connectivity index (χ2n) is 10.4. The average molecular weight is 367 g/mol. The summed E-state index contributed by atoms with van der Waals surface area (Å²) in [5.41, 5.74) is 0. The summed E-state index contributed by atoms with van der Waals surface area (Å²) in [4.78, 5) is 0. The Morgan fingerprint density at radius 3 is 1.92 bits per heavy atom. The Labute approximate surface area is 163 Å². The van der Waals surface area contributed by atoms with E-state index in [9.17, 15) is 0 Å². The van der Waals surface area contributed by atoms with Crippen molar-refractivity contribution in [2.24, 2.45) is 53.3 Å². The first-order valence-electron chi connectivity index (χ1n) is 11.4. The molecule has 1 aliphatic heterocycles. The highest BCUT2D eigenvalue weighted by atomic mass is 32.2. The summed E-state index contributed by atoms with van der Waals surface area (Å²) >= 11 is 2.43. The van der Waals surface area contributed by atoms with E-state index in [2.05, 4.69) is 74.1 Å². The molecule has 0 N–H and O–H groups in total. The number of fused-ring (bicyclic) bond motifs is 1. The number of hydrogen-bond acceptors (Lipinski definition) is 1. The Morgan fingerprint density at radius 2 is 1.48 bits per heavy atom. The highest BCUT2D eigenvalue weighted by Gasteiger charge is 2.50. The molecular weight excluding hydrogens is 320 g/mol. The van der Waals surface area contributed by atoms with Crippen LogP contribution in [0.15, 0.2) is 0 Å². The van der Waals surface area contributed by atoms with Gasteiger partial charge in [0.25, 0.3) is 0 Å².